The standard InChI is InChI=1S/C6H12N4/c1-10-5-6(4-9-10)8-3-2-7/h4-5,8H,2-3,7H2,1H3. The molecule has 0 saturated carbocycles. The van der Waals surface area contributed by atoms with Gasteiger partial charge in [-0.2, -0.15) is 5.10 Å². The summed E-state index contributed by atoms with van der Waals surface area (Å²) in [5.74, 6) is 0. The second-order valence-electron chi connectivity index (χ2n) is 2.12. The molecule has 0 aliphatic rings. The SMILES string of the molecule is Cn1cc(NCCN)cn1. The Labute approximate surface area is 60.0 Å². The largest absolute Gasteiger partial charge is 0.381 e. The molecule has 1 heterocycles. The summed E-state index contributed by atoms with van der Waals surface area (Å²) in [4.78, 5) is 0. The van der Waals surface area contributed by atoms with Gasteiger partial charge in [-0.15, -0.1) is 0 Å². The number of hydrogen-bond acceptors (Lipinski definition) is 3. The Kier molecular flexibility index (Phi) is 2.28. The molecule has 0 saturated heterocycles. The number of nitrogens with two attached hydrogens (primary N) is 1. The van der Waals surface area contributed by atoms with Crippen LogP contribution in [0.4, 0.5) is 5.69 Å². The van der Waals surface area contributed by atoms with E-state index in [4.69, 9.17) is 5.73 Å². The van der Waals surface area contributed by atoms with Crippen molar-refractivity contribution in [2.24, 2.45) is 12.8 Å². The molecule has 1 aromatic rings. The van der Waals surface area contributed by atoms with Crippen molar-refractivity contribution < 1.29 is 0 Å². The first kappa shape index (κ1) is 7.08. The first-order valence-corrected chi connectivity index (χ1v) is 3.25. The van der Waals surface area contributed by atoms with E-state index in [0.29, 0.717) is 6.54 Å². The van der Waals surface area contributed by atoms with Gasteiger partial charge in [-0.05, 0) is 0 Å². The fourth-order valence-corrected chi connectivity index (χ4v) is 0.729. The Balaban J connectivity index is 2.42. The molecule has 0 aromatic carbocycles. The van der Waals surface area contributed by atoms with Crippen LogP contribution in [0.5, 0.6) is 0 Å². The predicted octanol–water partition coefficient (Wildman–Crippen LogP) is -0.209. The highest BCUT2D eigenvalue weighted by molar-refractivity contribution is 5.37. The number of nitrogens with zero attached hydrogens (tertiary/aromatic N) is 2. The Hall–Kier alpha value is -1.03. The van der Waals surface area contributed by atoms with E-state index in [2.05, 4.69) is 10.4 Å². The highest BCUT2D eigenvalue weighted by atomic mass is 15.3. The van der Waals surface area contributed by atoms with Crippen LogP contribution in [0.1, 0.15) is 0 Å². The van der Waals surface area contributed by atoms with Crippen molar-refractivity contribution in [1.82, 2.24) is 9.78 Å². The van der Waals surface area contributed by atoms with Crippen molar-refractivity contribution >= 4 is 5.69 Å². The molecule has 10 heavy (non-hydrogen) atoms. The smallest absolute Gasteiger partial charge is 0.0726 e. The van der Waals surface area contributed by atoms with Crippen molar-refractivity contribution in [3.8, 4) is 0 Å². The highest BCUT2D eigenvalue weighted by Crippen LogP contribution is 2.00. The maximum atomic E-state index is 5.29. The minimum Gasteiger partial charge on any atom is -0.381 e. The van der Waals surface area contributed by atoms with Crippen LogP contribution in [0, 0.1) is 0 Å². The van der Waals surface area contributed by atoms with Crippen molar-refractivity contribution in [2.45, 2.75) is 0 Å². The molecule has 0 atom stereocenters. The summed E-state index contributed by atoms with van der Waals surface area (Å²) >= 11 is 0. The molecule has 56 valence electrons. The van der Waals surface area contributed by atoms with Gasteiger partial charge in [0.2, 0.25) is 0 Å². The fourth-order valence-electron chi connectivity index (χ4n) is 0.729. The summed E-state index contributed by atoms with van der Waals surface area (Å²) in [7, 11) is 1.88. The minimum atomic E-state index is 0.648. The van der Waals surface area contributed by atoms with E-state index in [9.17, 15) is 0 Å². The summed E-state index contributed by atoms with van der Waals surface area (Å²) in [6.45, 7) is 1.45. The molecule has 1 aromatic heterocycles. The Morgan fingerprint density at radius 1 is 1.80 bits per heavy atom. The lowest BCUT2D eigenvalue weighted by Crippen LogP contribution is -2.12. The molecule has 1 rings (SSSR count). The molecule has 0 aliphatic carbocycles. The fraction of sp³-hybridized carbons (Fsp3) is 0.500. The first-order valence-electron chi connectivity index (χ1n) is 3.25. The molecule has 3 N–H and O–H groups in total. The zero-order valence-corrected chi connectivity index (χ0v) is 6.04. The number of anilines is 1. The molecular formula is C6H12N4. The van der Waals surface area contributed by atoms with Crippen LogP contribution in [0.2, 0.25) is 0 Å². The molecule has 0 spiro atoms. The molecule has 4 heteroatoms. The summed E-state index contributed by atoms with van der Waals surface area (Å²) in [6.07, 6.45) is 3.69. The zero-order chi connectivity index (χ0) is 7.40. The summed E-state index contributed by atoms with van der Waals surface area (Å²) < 4.78 is 1.75. The molecule has 4 nitrogen and oxygen atoms in total. The lowest BCUT2D eigenvalue weighted by atomic mass is 10.5. The molecule has 0 bridgehead atoms. The lowest BCUT2D eigenvalue weighted by Gasteiger charge is -1.97. The van der Waals surface area contributed by atoms with Crippen LogP contribution < -0.4 is 11.1 Å². The molecule has 0 aliphatic heterocycles. The molecule has 0 unspecified atom stereocenters. The molecule has 0 fully saturated rings. The van der Waals surface area contributed by atoms with Gasteiger partial charge in [0.05, 0.1) is 11.9 Å². The maximum absolute atomic E-state index is 5.29. The number of hydrogen-bond donors (Lipinski definition) is 2. The van der Waals surface area contributed by atoms with Crippen LogP contribution in [0.25, 0.3) is 0 Å². The topological polar surface area (TPSA) is 55.9 Å². The van der Waals surface area contributed by atoms with E-state index in [1.165, 1.54) is 0 Å². The van der Waals surface area contributed by atoms with E-state index in [1.807, 2.05) is 13.2 Å². The number of rotatable bonds is 3. The normalized spacial score (nSPS) is 9.80. The van der Waals surface area contributed by atoms with Crippen LogP contribution in [0.3, 0.4) is 0 Å². The van der Waals surface area contributed by atoms with Crippen LogP contribution >= 0.6 is 0 Å². The average Bonchev–Trinajstić information content (AvgIpc) is 2.31. The lowest BCUT2D eigenvalue weighted by molar-refractivity contribution is 0.768. The van der Waals surface area contributed by atoms with Crippen LogP contribution in [0.15, 0.2) is 12.4 Å². The zero-order valence-electron chi connectivity index (χ0n) is 6.04. The number of aromatic nitrogens is 2. The Morgan fingerprint density at radius 3 is 3.10 bits per heavy atom. The second-order valence-corrected chi connectivity index (χ2v) is 2.12. The van der Waals surface area contributed by atoms with E-state index >= 15 is 0 Å². The van der Waals surface area contributed by atoms with Crippen LogP contribution in [-0.2, 0) is 7.05 Å². The van der Waals surface area contributed by atoms with Crippen molar-refractivity contribution in [3.05, 3.63) is 12.4 Å². The molecule has 0 amide bonds. The first-order chi connectivity index (χ1) is 4.83. The van der Waals surface area contributed by atoms with Gasteiger partial charge in [0.15, 0.2) is 0 Å². The predicted molar refractivity (Wildman–Crippen MR) is 40.8 cm³/mol. The monoisotopic (exact) mass is 140 g/mol. The maximum Gasteiger partial charge on any atom is 0.0726 e. The van der Waals surface area contributed by atoms with Gasteiger partial charge in [0.1, 0.15) is 0 Å². The molecule has 0 radical (unpaired) electrons. The van der Waals surface area contributed by atoms with E-state index in [1.54, 1.807) is 10.9 Å². The molecular weight excluding hydrogens is 128 g/mol. The number of aryl methyl sites for hydroxylation is 1. The van der Waals surface area contributed by atoms with Gasteiger partial charge in [0.25, 0.3) is 0 Å². The third-order valence-corrected chi connectivity index (χ3v) is 1.18. The number of nitrogens with one attached hydrogen (secondary N) is 1. The van der Waals surface area contributed by atoms with Gasteiger partial charge in [-0.1, -0.05) is 0 Å². The van der Waals surface area contributed by atoms with E-state index in [-0.39, 0.29) is 0 Å². The van der Waals surface area contributed by atoms with Gasteiger partial charge in [0, 0.05) is 26.3 Å². The van der Waals surface area contributed by atoms with E-state index in [0.717, 1.165) is 12.2 Å². The summed E-state index contributed by atoms with van der Waals surface area (Å²) in [5.41, 5.74) is 6.31. The third kappa shape index (κ3) is 1.73. The van der Waals surface area contributed by atoms with Gasteiger partial charge in [-0.3, -0.25) is 4.68 Å². The van der Waals surface area contributed by atoms with Crippen molar-refractivity contribution in [3.63, 3.8) is 0 Å². The Bertz CT molecular complexity index is 193. The van der Waals surface area contributed by atoms with Crippen molar-refractivity contribution in [2.75, 3.05) is 18.4 Å². The highest BCUT2D eigenvalue weighted by Gasteiger charge is 1.90. The van der Waals surface area contributed by atoms with Crippen molar-refractivity contribution in [1.29, 1.82) is 0 Å². The van der Waals surface area contributed by atoms with Crippen LogP contribution in [-0.4, -0.2) is 22.9 Å². The minimum absolute atomic E-state index is 0.648. The third-order valence-electron chi connectivity index (χ3n) is 1.18. The van der Waals surface area contributed by atoms with E-state index < -0.39 is 0 Å². The van der Waals surface area contributed by atoms with Gasteiger partial charge >= 0.3 is 0 Å². The average molecular weight is 140 g/mol. The summed E-state index contributed by atoms with van der Waals surface area (Å²) in [6, 6.07) is 0. The Morgan fingerprint density at radius 2 is 2.60 bits per heavy atom. The summed E-state index contributed by atoms with van der Waals surface area (Å²) in [5, 5.41) is 7.09. The van der Waals surface area contributed by atoms with Gasteiger partial charge < -0.3 is 11.1 Å². The van der Waals surface area contributed by atoms with Gasteiger partial charge in [-0.25, -0.2) is 0 Å². The second kappa shape index (κ2) is 3.22. The quantitative estimate of drug-likeness (QED) is 0.611.